The number of methoxy groups -OCH3 is 1. The van der Waals surface area contributed by atoms with Crippen molar-refractivity contribution >= 4 is 11.7 Å². The highest BCUT2D eigenvalue weighted by Gasteiger charge is 2.17. The van der Waals surface area contributed by atoms with Crippen LogP contribution >= 0.6 is 0 Å². The van der Waals surface area contributed by atoms with E-state index in [1.807, 2.05) is 60.7 Å². The SMILES string of the molecule is COC(=O)c1ccccc1N(Cc1ccccc1)Cc1ccccc1. The van der Waals surface area contributed by atoms with Gasteiger partial charge in [0.15, 0.2) is 0 Å². The number of esters is 1. The molecule has 3 rings (SSSR count). The summed E-state index contributed by atoms with van der Waals surface area (Å²) in [4.78, 5) is 14.4. The largest absolute Gasteiger partial charge is 0.465 e. The van der Waals surface area contributed by atoms with Gasteiger partial charge in [-0.1, -0.05) is 72.8 Å². The zero-order valence-corrected chi connectivity index (χ0v) is 14.3. The third-order valence-corrected chi connectivity index (χ3v) is 4.08. The topological polar surface area (TPSA) is 29.5 Å². The average molecular weight is 331 g/mol. The molecule has 0 unspecified atom stereocenters. The summed E-state index contributed by atoms with van der Waals surface area (Å²) in [7, 11) is 1.41. The number of ether oxygens (including phenoxy) is 1. The lowest BCUT2D eigenvalue weighted by Crippen LogP contribution is -2.24. The number of hydrogen-bond acceptors (Lipinski definition) is 3. The van der Waals surface area contributed by atoms with Gasteiger partial charge < -0.3 is 9.64 Å². The third-order valence-electron chi connectivity index (χ3n) is 4.08. The van der Waals surface area contributed by atoms with Crippen LogP contribution < -0.4 is 4.90 Å². The van der Waals surface area contributed by atoms with Crippen molar-refractivity contribution in [3.05, 3.63) is 102 Å². The maximum atomic E-state index is 12.2. The minimum absolute atomic E-state index is 0.318. The molecule has 0 saturated carbocycles. The molecule has 3 aromatic carbocycles. The Morgan fingerprint density at radius 3 is 1.76 bits per heavy atom. The number of carbonyl (C=O) groups excluding carboxylic acids is 1. The van der Waals surface area contributed by atoms with Crippen LogP contribution in [-0.4, -0.2) is 13.1 Å². The second-order valence-corrected chi connectivity index (χ2v) is 5.84. The molecule has 0 N–H and O–H groups in total. The molecular weight excluding hydrogens is 310 g/mol. The van der Waals surface area contributed by atoms with Crippen molar-refractivity contribution in [2.24, 2.45) is 0 Å². The second kappa shape index (κ2) is 8.15. The van der Waals surface area contributed by atoms with Crippen LogP contribution in [0, 0.1) is 0 Å². The average Bonchev–Trinajstić information content (AvgIpc) is 2.68. The Bertz CT molecular complexity index is 774. The number of carbonyl (C=O) groups is 1. The molecule has 0 aromatic heterocycles. The predicted molar refractivity (Wildman–Crippen MR) is 101 cm³/mol. The molecule has 0 radical (unpaired) electrons. The van der Waals surface area contributed by atoms with Gasteiger partial charge >= 0.3 is 5.97 Å². The molecule has 0 aliphatic heterocycles. The maximum absolute atomic E-state index is 12.2. The summed E-state index contributed by atoms with van der Waals surface area (Å²) >= 11 is 0. The highest BCUT2D eigenvalue weighted by Crippen LogP contribution is 2.25. The molecular formula is C22H21NO2. The van der Waals surface area contributed by atoms with E-state index in [4.69, 9.17) is 4.74 Å². The molecule has 3 aromatic rings. The van der Waals surface area contributed by atoms with E-state index in [0.29, 0.717) is 18.7 Å². The first-order valence-electron chi connectivity index (χ1n) is 8.28. The number of benzene rings is 3. The highest BCUT2D eigenvalue weighted by molar-refractivity contribution is 5.95. The Morgan fingerprint density at radius 1 is 0.760 bits per heavy atom. The van der Waals surface area contributed by atoms with E-state index in [-0.39, 0.29) is 5.97 Å². The van der Waals surface area contributed by atoms with Gasteiger partial charge in [-0.25, -0.2) is 4.79 Å². The maximum Gasteiger partial charge on any atom is 0.339 e. The van der Waals surface area contributed by atoms with Gasteiger partial charge in [0, 0.05) is 13.1 Å². The van der Waals surface area contributed by atoms with Crippen molar-refractivity contribution in [2.45, 2.75) is 13.1 Å². The van der Waals surface area contributed by atoms with Crippen LogP contribution in [0.1, 0.15) is 21.5 Å². The molecule has 0 saturated heterocycles. The van der Waals surface area contributed by atoms with E-state index >= 15 is 0 Å². The molecule has 25 heavy (non-hydrogen) atoms. The van der Waals surface area contributed by atoms with E-state index in [1.165, 1.54) is 18.2 Å². The molecule has 126 valence electrons. The summed E-state index contributed by atoms with van der Waals surface area (Å²) in [6.07, 6.45) is 0. The van der Waals surface area contributed by atoms with Crippen LogP contribution in [0.15, 0.2) is 84.9 Å². The molecule has 0 fully saturated rings. The van der Waals surface area contributed by atoms with Crippen molar-refractivity contribution in [1.29, 1.82) is 0 Å². The summed E-state index contributed by atoms with van der Waals surface area (Å²) in [5, 5.41) is 0. The summed E-state index contributed by atoms with van der Waals surface area (Å²) in [5.41, 5.74) is 3.84. The summed E-state index contributed by atoms with van der Waals surface area (Å²) in [5.74, 6) is -0.318. The number of para-hydroxylation sites is 1. The van der Waals surface area contributed by atoms with Crippen molar-refractivity contribution in [2.75, 3.05) is 12.0 Å². The van der Waals surface area contributed by atoms with Crippen LogP contribution in [0.25, 0.3) is 0 Å². The normalized spacial score (nSPS) is 10.3. The van der Waals surface area contributed by atoms with Crippen LogP contribution in [0.3, 0.4) is 0 Å². The molecule has 0 bridgehead atoms. The van der Waals surface area contributed by atoms with Gasteiger partial charge in [0.05, 0.1) is 18.4 Å². The highest BCUT2D eigenvalue weighted by atomic mass is 16.5. The molecule has 3 heteroatoms. The summed E-state index contributed by atoms with van der Waals surface area (Å²) in [6, 6.07) is 28.1. The smallest absolute Gasteiger partial charge is 0.339 e. The number of nitrogens with zero attached hydrogens (tertiary/aromatic N) is 1. The first-order chi connectivity index (χ1) is 12.3. The van der Waals surface area contributed by atoms with Crippen LogP contribution in [0.4, 0.5) is 5.69 Å². The number of rotatable bonds is 6. The Kier molecular flexibility index (Phi) is 5.47. The van der Waals surface area contributed by atoms with Gasteiger partial charge in [-0.3, -0.25) is 0 Å². The lowest BCUT2D eigenvalue weighted by molar-refractivity contribution is 0.0601. The van der Waals surface area contributed by atoms with Crippen molar-refractivity contribution in [1.82, 2.24) is 0 Å². The van der Waals surface area contributed by atoms with Crippen molar-refractivity contribution in [3.8, 4) is 0 Å². The fourth-order valence-electron chi connectivity index (χ4n) is 2.87. The Labute approximate surface area is 148 Å². The first kappa shape index (κ1) is 16.8. The van der Waals surface area contributed by atoms with Crippen LogP contribution in [0.5, 0.6) is 0 Å². The minimum atomic E-state index is -0.318. The van der Waals surface area contributed by atoms with E-state index in [9.17, 15) is 4.79 Å². The lowest BCUT2D eigenvalue weighted by atomic mass is 10.1. The fourth-order valence-corrected chi connectivity index (χ4v) is 2.87. The van der Waals surface area contributed by atoms with E-state index in [1.54, 1.807) is 0 Å². The zero-order valence-electron chi connectivity index (χ0n) is 14.3. The van der Waals surface area contributed by atoms with Gasteiger partial charge in [0.25, 0.3) is 0 Å². The molecule has 0 aliphatic rings. The number of anilines is 1. The predicted octanol–water partition coefficient (Wildman–Crippen LogP) is 4.68. The summed E-state index contributed by atoms with van der Waals surface area (Å²) in [6.45, 7) is 1.42. The molecule has 0 atom stereocenters. The van der Waals surface area contributed by atoms with E-state index in [2.05, 4.69) is 29.2 Å². The van der Waals surface area contributed by atoms with Gasteiger partial charge in [-0.05, 0) is 23.3 Å². The molecule has 3 nitrogen and oxygen atoms in total. The zero-order chi connectivity index (χ0) is 17.5. The molecule has 0 spiro atoms. The third kappa shape index (κ3) is 4.27. The van der Waals surface area contributed by atoms with Gasteiger partial charge in [-0.15, -0.1) is 0 Å². The van der Waals surface area contributed by atoms with Crippen LogP contribution in [0.2, 0.25) is 0 Å². The molecule has 0 amide bonds. The lowest BCUT2D eigenvalue weighted by Gasteiger charge is -2.27. The van der Waals surface area contributed by atoms with Crippen molar-refractivity contribution in [3.63, 3.8) is 0 Å². The van der Waals surface area contributed by atoms with Gasteiger partial charge in [0.1, 0.15) is 0 Å². The Morgan fingerprint density at radius 2 is 1.24 bits per heavy atom. The van der Waals surface area contributed by atoms with Crippen LogP contribution in [-0.2, 0) is 17.8 Å². The van der Waals surface area contributed by atoms with Gasteiger partial charge in [0.2, 0.25) is 0 Å². The first-order valence-corrected chi connectivity index (χ1v) is 8.28. The van der Waals surface area contributed by atoms with Gasteiger partial charge in [-0.2, -0.15) is 0 Å². The minimum Gasteiger partial charge on any atom is -0.465 e. The van der Waals surface area contributed by atoms with E-state index < -0.39 is 0 Å². The fraction of sp³-hybridized carbons (Fsp3) is 0.136. The Balaban J connectivity index is 1.97. The molecule has 0 aliphatic carbocycles. The Hall–Kier alpha value is -3.07. The molecule has 0 heterocycles. The number of hydrogen-bond donors (Lipinski definition) is 0. The van der Waals surface area contributed by atoms with E-state index in [0.717, 1.165) is 5.69 Å². The summed E-state index contributed by atoms with van der Waals surface area (Å²) < 4.78 is 4.96. The monoisotopic (exact) mass is 331 g/mol. The quantitative estimate of drug-likeness (QED) is 0.614. The van der Waals surface area contributed by atoms with Crippen molar-refractivity contribution < 1.29 is 9.53 Å². The second-order valence-electron chi connectivity index (χ2n) is 5.84. The standard InChI is InChI=1S/C22H21NO2/c1-25-22(24)20-14-8-9-15-21(20)23(16-18-10-4-2-5-11-18)17-19-12-6-3-7-13-19/h2-15H,16-17H2,1H3.